The van der Waals surface area contributed by atoms with Crippen molar-refractivity contribution in [2.75, 3.05) is 32.8 Å². The Morgan fingerprint density at radius 1 is 1.07 bits per heavy atom. The molecule has 28 heavy (non-hydrogen) atoms. The van der Waals surface area contributed by atoms with E-state index in [1.165, 1.54) is 19.2 Å². The van der Waals surface area contributed by atoms with Crippen molar-refractivity contribution in [2.45, 2.75) is 13.3 Å². The number of hydrogen-bond acceptors (Lipinski definition) is 6. The number of methoxy groups -OCH3 is 2. The molecule has 0 aliphatic heterocycles. The highest BCUT2D eigenvalue weighted by Gasteiger charge is 2.17. The molecule has 8 heteroatoms. The van der Waals surface area contributed by atoms with Crippen molar-refractivity contribution >= 4 is 29.2 Å². The standard InChI is InChI=1S/C20H22ClNO6/c1-4-9-27-19-16(21)10-13(11-17(19)26-3)20(24)28-12-18(23)22-14-5-7-15(25-2)8-6-14/h5-8,10-11H,4,9,12H2,1-3H3,(H,22,23). The predicted molar refractivity (Wildman–Crippen MR) is 106 cm³/mol. The summed E-state index contributed by atoms with van der Waals surface area (Å²) < 4.78 is 20.9. The number of esters is 1. The van der Waals surface area contributed by atoms with Crippen LogP contribution in [0.25, 0.3) is 0 Å². The minimum Gasteiger partial charge on any atom is -0.497 e. The van der Waals surface area contributed by atoms with Crippen LogP contribution in [0.4, 0.5) is 5.69 Å². The molecule has 150 valence electrons. The van der Waals surface area contributed by atoms with Gasteiger partial charge in [0.1, 0.15) is 5.75 Å². The van der Waals surface area contributed by atoms with Crippen molar-refractivity contribution in [3.8, 4) is 17.2 Å². The number of benzene rings is 2. The number of anilines is 1. The Labute approximate surface area is 168 Å². The molecule has 0 bridgehead atoms. The van der Waals surface area contributed by atoms with Crippen molar-refractivity contribution in [2.24, 2.45) is 0 Å². The van der Waals surface area contributed by atoms with Crippen molar-refractivity contribution in [3.05, 3.63) is 47.0 Å². The Bertz CT molecular complexity index is 822. The number of carbonyl (C=O) groups is 2. The van der Waals surface area contributed by atoms with Gasteiger partial charge in [-0.2, -0.15) is 0 Å². The quantitative estimate of drug-likeness (QED) is 0.634. The largest absolute Gasteiger partial charge is 0.497 e. The number of hydrogen-bond donors (Lipinski definition) is 1. The Hall–Kier alpha value is -2.93. The maximum atomic E-state index is 12.3. The van der Waals surface area contributed by atoms with Crippen LogP contribution >= 0.6 is 11.6 Å². The minimum atomic E-state index is -0.702. The van der Waals surface area contributed by atoms with E-state index in [1.54, 1.807) is 31.4 Å². The van der Waals surface area contributed by atoms with E-state index in [-0.39, 0.29) is 10.6 Å². The number of carbonyl (C=O) groups excluding carboxylic acids is 2. The zero-order valence-electron chi connectivity index (χ0n) is 15.9. The van der Waals surface area contributed by atoms with Crippen LogP contribution in [0.15, 0.2) is 36.4 Å². The summed E-state index contributed by atoms with van der Waals surface area (Å²) in [6.45, 7) is 1.98. The van der Waals surface area contributed by atoms with Crippen LogP contribution in [0.5, 0.6) is 17.2 Å². The maximum Gasteiger partial charge on any atom is 0.338 e. The summed E-state index contributed by atoms with van der Waals surface area (Å²) in [7, 11) is 3.00. The van der Waals surface area contributed by atoms with E-state index in [4.69, 9.17) is 30.5 Å². The lowest BCUT2D eigenvalue weighted by atomic mass is 10.2. The van der Waals surface area contributed by atoms with E-state index in [2.05, 4.69) is 5.32 Å². The van der Waals surface area contributed by atoms with E-state index in [1.807, 2.05) is 6.92 Å². The smallest absolute Gasteiger partial charge is 0.338 e. The third-order valence-electron chi connectivity index (χ3n) is 3.62. The van der Waals surface area contributed by atoms with Crippen LogP contribution < -0.4 is 19.5 Å². The zero-order chi connectivity index (χ0) is 20.5. The number of rotatable bonds is 9. The highest BCUT2D eigenvalue weighted by atomic mass is 35.5. The molecule has 7 nitrogen and oxygen atoms in total. The van der Waals surface area contributed by atoms with E-state index in [0.717, 1.165) is 6.42 Å². The lowest BCUT2D eigenvalue weighted by molar-refractivity contribution is -0.119. The van der Waals surface area contributed by atoms with Crippen molar-refractivity contribution in [3.63, 3.8) is 0 Å². The van der Waals surface area contributed by atoms with Gasteiger partial charge in [-0.15, -0.1) is 0 Å². The second-order valence-corrected chi connectivity index (χ2v) is 6.10. The van der Waals surface area contributed by atoms with Crippen LogP contribution in [0.1, 0.15) is 23.7 Å². The lowest BCUT2D eigenvalue weighted by Gasteiger charge is -2.13. The van der Waals surface area contributed by atoms with Crippen LogP contribution in [0.3, 0.4) is 0 Å². The van der Waals surface area contributed by atoms with E-state index in [9.17, 15) is 9.59 Å². The molecule has 1 N–H and O–H groups in total. The van der Waals surface area contributed by atoms with Gasteiger partial charge in [-0.1, -0.05) is 18.5 Å². The van der Waals surface area contributed by atoms with Crippen LogP contribution in [0.2, 0.25) is 5.02 Å². The summed E-state index contributed by atoms with van der Waals surface area (Å²) >= 11 is 6.19. The van der Waals surface area contributed by atoms with Crippen molar-refractivity contribution < 1.29 is 28.5 Å². The summed E-state index contributed by atoms with van der Waals surface area (Å²) in [4.78, 5) is 24.2. The van der Waals surface area contributed by atoms with Gasteiger partial charge in [-0.25, -0.2) is 4.79 Å². The third kappa shape index (κ3) is 5.79. The lowest BCUT2D eigenvalue weighted by Crippen LogP contribution is -2.21. The first kappa shape index (κ1) is 21.4. The fraction of sp³-hybridized carbons (Fsp3) is 0.300. The molecule has 0 spiro atoms. The van der Waals surface area contributed by atoms with Crippen molar-refractivity contribution in [1.29, 1.82) is 0 Å². The Morgan fingerprint density at radius 2 is 1.79 bits per heavy atom. The molecule has 2 rings (SSSR count). The normalized spacial score (nSPS) is 10.1. The van der Waals surface area contributed by atoms with Gasteiger partial charge in [0, 0.05) is 5.69 Å². The molecule has 0 saturated heterocycles. The van der Waals surface area contributed by atoms with Gasteiger partial charge in [-0.3, -0.25) is 4.79 Å². The van der Waals surface area contributed by atoms with Crippen LogP contribution in [-0.2, 0) is 9.53 Å². The van der Waals surface area contributed by atoms with Gasteiger partial charge in [0.15, 0.2) is 18.1 Å². The highest BCUT2D eigenvalue weighted by Crippen LogP contribution is 2.36. The number of nitrogens with one attached hydrogen (secondary N) is 1. The first-order chi connectivity index (χ1) is 13.5. The molecular formula is C20H22ClNO6. The first-order valence-electron chi connectivity index (χ1n) is 8.59. The molecule has 2 aromatic rings. The molecule has 0 unspecified atom stereocenters. The van der Waals surface area contributed by atoms with Gasteiger partial charge in [0.2, 0.25) is 0 Å². The summed E-state index contributed by atoms with van der Waals surface area (Å²) in [6, 6.07) is 9.64. The molecule has 0 saturated carbocycles. The van der Waals surface area contributed by atoms with E-state index >= 15 is 0 Å². The van der Waals surface area contributed by atoms with E-state index < -0.39 is 18.5 Å². The molecule has 0 atom stereocenters. The Balaban J connectivity index is 1.97. The Kier molecular flexibility index (Phi) is 7.95. The van der Waals surface area contributed by atoms with Gasteiger partial charge < -0.3 is 24.3 Å². The number of halogens is 1. The van der Waals surface area contributed by atoms with Crippen LogP contribution in [0, 0.1) is 0 Å². The molecule has 0 radical (unpaired) electrons. The highest BCUT2D eigenvalue weighted by molar-refractivity contribution is 6.32. The third-order valence-corrected chi connectivity index (χ3v) is 3.90. The summed E-state index contributed by atoms with van der Waals surface area (Å²) in [5.41, 5.74) is 0.715. The molecule has 1 amide bonds. The number of amides is 1. The summed E-state index contributed by atoms with van der Waals surface area (Å²) in [5.74, 6) is 0.170. The Morgan fingerprint density at radius 3 is 2.39 bits per heavy atom. The SMILES string of the molecule is CCCOc1c(Cl)cc(C(=O)OCC(=O)Nc2ccc(OC)cc2)cc1OC. The zero-order valence-corrected chi connectivity index (χ0v) is 16.7. The van der Waals surface area contributed by atoms with Gasteiger partial charge in [0.25, 0.3) is 5.91 Å². The molecule has 0 aliphatic rings. The van der Waals surface area contributed by atoms with Crippen molar-refractivity contribution in [1.82, 2.24) is 0 Å². The molecule has 0 fully saturated rings. The molecule has 0 aromatic heterocycles. The summed E-state index contributed by atoms with van der Waals surface area (Å²) in [5, 5.41) is 2.85. The summed E-state index contributed by atoms with van der Waals surface area (Å²) in [6.07, 6.45) is 0.798. The second-order valence-electron chi connectivity index (χ2n) is 5.69. The monoisotopic (exact) mass is 407 g/mol. The van der Waals surface area contributed by atoms with E-state index in [0.29, 0.717) is 29.5 Å². The van der Waals surface area contributed by atoms with Gasteiger partial charge >= 0.3 is 5.97 Å². The second kappa shape index (κ2) is 10.4. The average molecular weight is 408 g/mol. The fourth-order valence-corrected chi connectivity index (χ4v) is 2.53. The topological polar surface area (TPSA) is 83.1 Å². The molecule has 0 heterocycles. The van der Waals surface area contributed by atoms with Crippen LogP contribution in [-0.4, -0.2) is 39.3 Å². The fourth-order valence-electron chi connectivity index (χ4n) is 2.27. The minimum absolute atomic E-state index is 0.156. The molecular weight excluding hydrogens is 386 g/mol. The van der Waals surface area contributed by atoms with Gasteiger partial charge in [-0.05, 0) is 42.8 Å². The molecule has 2 aromatic carbocycles. The molecule has 0 aliphatic carbocycles. The predicted octanol–water partition coefficient (Wildman–Crippen LogP) is 3.94. The number of ether oxygens (including phenoxy) is 4. The maximum absolute atomic E-state index is 12.3. The average Bonchev–Trinajstić information content (AvgIpc) is 2.71. The first-order valence-corrected chi connectivity index (χ1v) is 8.97. The van der Waals surface area contributed by atoms with Gasteiger partial charge in [0.05, 0.1) is 31.4 Å².